The lowest BCUT2D eigenvalue weighted by Crippen LogP contribution is -2.66. The minimum atomic E-state index is -0.793. The van der Waals surface area contributed by atoms with E-state index in [9.17, 15) is 19.5 Å². The number of amides is 2. The summed E-state index contributed by atoms with van der Waals surface area (Å²) in [4.78, 5) is 58.6. The Morgan fingerprint density at radius 2 is 1.90 bits per heavy atom. The van der Waals surface area contributed by atoms with E-state index in [1.807, 2.05) is 51.6 Å². The van der Waals surface area contributed by atoms with E-state index < -0.39 is 17.4 Å². The SMILES string of the molecule is Cc1ccnc(C(C)C)c1-n1c(=O)c2c(c3cc(Cl)c(-c4c(O)cccc4F)nc31)N1C[C@@H](C)N(C(=O)/C=C/CN(C)C)C[C@@H]1C(=O)N2C. The highest BCUT2D eigenvalue weighted by Gasteiger charge is 2.46. The number of benzene rings is 1. The Morgan fingerprint density at radius 3 is 2.57 bits per heavy atom. The number of pyridine rings is 3. The maximum absolute atomic E-state index is 15.3. The number of aromatic hydroxyl groups is 1. The molecule has 2 aliphatic heterocycles. The first-order chi connectivity index (χ1) is 23.2. The van der Waals surface area contributed by atoms with Crippen molar-refractivity contribution >= 4 is 45.8 Å². The third kappa shape index (κ3) is 5.72. The molecule has 256 valence electrons. The number of carbonyl (C=O) groups is 2. The Hall–Kier alpha value is -4.81. The number of likely N-dealkylation sites (N-methyl/N-ethyl adjacent to an activating group) is 2. The molecule has 1 fully saturated rings. The third-order valence-electron chi connectivity index (χ3n) is 9.20. The van der Waals surface area contributed by atoms with Crippen LogP contribution in [0, 0.1) is 12.7 Å². The van der Waals surface area contributed by atoms with Crippen molar-refractivity contribution in [3.8, 4) is 22.7 Å². The first-order valence-corrected chi connectivity index (χ1v) is 16.5. The summed E-state index contributed by atoms with van der Waals surface area (Å²) in [7, 11) is 5.37. The number of aryl methyl sites for hydroxylation is 1. The van der Waals surface area contributed by atoms with Crippen LogP contribution in [-0.2, 0) is 9.59 Å². The summed E-state index contributed by atoms with van der Waals surface area (Å²) in [6, 6.07) is 6.19. The predicted octanol–water partition coefficient (Wildman–Crippen LogP) is 4.88. The number of aromatic nitrogens is 3. The van der Waals surface area contributed by atoms with Gasteiger partial charge in [-0.3, -0.25) is 23.9 Å². The average Bonchev–Trinajstić information content (AvgIpc) is 3.03. The number of rotatable bonds is 6. The minimum Gasteiger partial charge on any atom is -0.507 e. The van der Waals surface area contributed by atoms with Gasteiger partial charge in [0.25, 0.3) is 11.5 Å². The van der Waals surface area contributed by atoms with Crippen molar-refractivity contribution in [1.29, 1.82) is 0 Å². The first kappa shape index (κ1) is 34.1. The van der Waals surface area contributed by atoms with Crippen molar-refractivity contribution in [2.45, 2.75) is 45.7 Å². The van der Waals surface area contributed by atoms with Gasteiger partial charge in [-0.25, -0.2) is 9.37 Å². The van der Waals surface area contributed by atoms with Crippen LogP contribution >= 0.6 is 11.6 Å². The van der Waals surface area contributed by atoms with Crippen molar-refractivity contribution in [2.24, 2.45) is 0 Å². The van der Waals surface area contributed by atoms with Crippen molar-refractivity contribution in [3.63, 3.8) is 0 Å². The van der Waals surface area contributed by atoms with E-state index in [-0.39, 0.29) is 70.2 Å². The van der Waals surface area contributed by atoms with Gasteiger partial charge in [-0.2, -0.15) is 0 Å². The number of halogens is 2. The molecule has 2 atom stereocenters. The summed E-state index contributed by atoms with van der Waals surface area (Å²) in [5.41, 5.74) is 1.81. The van der Waals surface area contributed by atoms with Crippen LogP contribution in [0.3, 0.4) is 0 Å². The van der Waals surface area contributed by atoms with E-state index in [0.29, 0.717) is 29.0 Å². The topological polar surface area (TPSA) is 115 Å². The van der Waals surface area contributed by atoms with Gasteiger partial charge in [0.2, 0.25) is 5.91 Å². The number of piperazine rings is 1. The zero-order valence-electron chi connectivity index (χ0n) is 28.5. The molecule has 4 aromatic rings. The van der Waals surface area contributed by atoms with Gasteiger partial charge in [-0.05, 0) is 63.7 Å². The molecule has 13 heteroatoms. The Morgan fingerprint density at radius 1 is 1.16 bits per heavy atom. The minimum absolute atomic E-state index is 0.0382. The van der Waals surface area contributed by atoms with Crippen molar-refractivity contribution in [1.82, 2.24) is 24.3 Å². The van der Waals surface area contributed by atoms with Crippen LogP contribution in [-0.4, -0.2) is 94.1 Å². The van der Waals surface area contributed by atoms with Gasteiger partial charge in [-0.15, -0.1) is 0 Å². The van der Waals surface area contributed by atoms with Gasteiger partial charge in [0, 0.05) is 43.8 Å². The highest BCUT2D eigenvalue weighted by atomic mass is 35.5. The molecule has 0 spiro atoms. The lowest BCUT2D eigenvalue weighted by molar-refractivity contribution is -0.130. The number of carbonyl (C=O) groups excluding carboxylic acids is 2. The first-order valence-electron chi connectivity index (χ1n) is 16.1. The van der Waals surface area contributed by atoms with Crippen LogP contribution in [0.1, 0.15) is 37.9 Å². The molecule has 3 aromatic heterocycles. The van der Waals surface area contributed by atoms with Crippen LogP contribution in [0.15, 0.2) is 53.5 Å². The standard InChI is InChI=1S/C36H39ClFN7O4/c1-19(2)29-31(20(3)13-14-39-29)45-34-22(16-23(37)30(40-34)28-24(38)10-8-11-26(28)46)32-33(36(45)49)42(7)35(48)25-18-43(21(4)17-44(25)32)27(47)12-9-15-41(5)6/h8-14,16,19,21,25,46H,15,17-18H2,1-7H3/b12-9+/t21-,25-/m1/s1. The quantitative estimate of drug-likeness (QED) is 0.286. The summed E-state index contributed by atoms with van der Waals surface area (Å²) in [6.45, 7) is 8.62. The second kappa shape index (κ2) is 12.9. The van der Waals surface area contributed by atoms with E-state index in [2.05, 4.69) is 4.98 Å². The molecule has 2 aliphatic rings. The number of phenolic OH excluding ortho intramolecular Hbond substituents is 1. The summed E-state index contributed by atoms with van der Waals surface area (Å²) in [5, 5.41) is 11.2. The smallest absolute Gasteiger partial charge is 0.283 e. The van der Waals surface area contributed by atoms with E-state index in [1.165, 1.54) is 33.7 Å². The molecule has 49 heavy (non-hydrogen) atoms. The monoisotopic (exact) mass is 687 g/mol. The van der Waals surface area contributed by atoms with Gasteiger partial charge in [0.05, 0.1) is 39.9 Å². The molecule has 0 aliphatic carbocycles. The van der Waals surface area contributed by atoms with Crippen LogP contribution in [0.4, 0.5) is 15.8 Å². The highest BCUT2D eigenvalue weighted by molar-refractivity contribution is 6.34. The van der Waals surface area contributed by atoms with Crippen molar-refractivity contribution < 1.29 is 19.1 Å². The molecule has 0 radical (unpaired) electrons. The van der Waals surface area contributed by atoms with Crippen LogP contribution in [0.2, 0.25) is 5.02 Å². The van der Waals surface area contributed by atoms with Gasteiger partial charge in [0.15, 0.2) is 5.65 Å². The normalized spacial score (nSPS) is 17.9. The molecule has 0 saturated carbocycles. The van der Waals surface area contributed by atoms with E-state index in [1.54, 1.807) is 36.4 Å². The molecule has 5 heterocycles. The molecule has 1 aromatic carbocycles. The predicted molar refractivity (Wildman–Crippen MR) is 189 cm³/mol. The van der Waals surface area contributed by atoms with Gasteiger partial charge >= 0.3 is 0 Å². The summed E-state index contributed by atoms with van der Waals surface area (Å²) < 4.78 is 16.7. The maximum Gasteiger partial charge on any atom is 0.283 e. The van der Waals surface area contributed by atoms with Crippen molar-refractivity contribution in [3.05, 3.63) is 81.1 Å². The lowest BCUT2D eigenvalue weighted by Gasteiger charge is -2.49. The molecule has 0 bridgehead atoms. The van der Waals surface area contributed by atoms with E-state index in [4.69, 9.17) is 16.6 Å². The lowest BCUT2D eigenvalue weighted by atomic mass is 9.98. The number of hydrogen-bond acceptors (Lipinski definition) is 8. The zero-order valence-corrected chi connectivity index (χ0v) is 29.3. The largest absolute Gasteiger partial charge is 0.507 e. The van der Waals surface area contributed by atoms with Gasteiger partial charge in [-0.1, -0.05) is 37.6 Å². The number of hydrogen-bond donors (Lipinski definition) is 1. The number of nitrogens with zero attached hydrogens (tertiary/aromatic N) is 7. The molecule has 0 unspecified atom stereocenters. The van der Waals surface area contributed by atoms with Crippen LogP contribution < -0.4 is 15.4 Å². The summed E-state index contributed by atoms with van der Waals surface area (Å²) >= 11 is 6.88. The molecular formula is C36H39ClFN7O4. The van der Waals surface area contributed by atoms with E-state index >= 15 is 4.39 Å². The Balaban J connectivity index is 1.65. The molecular weight excluding hydrogens is 649 g/mol. The highest BCUT2D eigenvalue weighted by Crippen LogP contribution is 2.45. The number of anilines is 2. The summed E-state index contributed by atoms with van der Waals surface area (Å²) in [6.07, 6.45) is 4.98. The molecule has 2 amide bonds. The number of fused-ring (bicyclic) bond motifs is 5. The second-order valence-electron chi connectivity index (χ2n) is 13.2. The third-order valence-corrected chi connectivity index (χ3v) is 9.49. The van der Waals surface area contributed by atoms with Crippen LogP contribution in [0.5, 0.6) is 5.75 Å². The van der Waals surface area contributed by atoms with Gasteiger partial charge in [0.1, 0.15) is 23.3 Å². The van der Waals surface area contributed by atoms with Crippen molar-refractivity contribution in [2.75, 3.05) is 50.6 Å². The van der Waals surface area contributed by atoms with Gasteiger partial charge < -0.3 is 24.7 Å². The fourth-order valence-electron chi connectivity index (χ4n) is 6.80. The van der Waals surface area contributed by atoms with E-state index in [0.717, 1.165) is 5.56 Å². The molecule has 6 rings (SSSR count). The maximum atomic E-state index is 15.3. The Kier molecular flexibility index (Phi) is 8.97. The number of phenols is 1. The fraction of sp³-hybridized carbons (Fsp3) is 0.361. The molecule has 11 nitrogen and oxygen atoms in total. The average molecular weight is 688 g/mol. The second-order valence-corrected chi connectivity index (χ2v) is 13.7. The Bertz CT molecular complexity index is 2080. The molecule has 1 saturated heterocycles. The fourth-order valence-corrected chi connectivity index (χ4v) is 7.04. The van der Waals surface area contributed by atoms with Crippen LogP contribution in [0.25, 0.3) is 28.0 Å². The molecule has 1 N–H and O–H groups in total. The summed E-state index contributed by atoms with van der Waals surface area (Å²) in [5.74, 6) is -1.74. The Labute approximate surface area is 288 Å². The zero-order chi connectivity index (χ0) is 35.5.